The zero-order chi connectivity index (χ0) is 10.8. The fraction of sp³-hybridized carbons (Fsp3) is 0.500. The third kappa shape index (κ3) is 2.07. The molecule has 0 radical (unpaired) electrons. The number of hydrogen-bond acceptors (Lipinski definition) is 3. The third-order valence-electron chi connectivity index (χ3n) is 3.19. The van der Waals surface area contributed by atoms with Gasteiger partial charge in [0.2, 0.25) is 0 Å². The summed E-state index contributed by atoms with van der Waals surface area (Å²) in [5.41, 5.74) is 8.58. The number of benzene rings is 1. The van der Waals surface area contributed by atoms with E-state index >= 15 is 0 Å². The first kappa shape index (κ1) is 10.3. The van der Waals surface area contributed by atoms with Crippen LogP contribution < -0.4 is 11.1 Å². The highest BCUT2D eigenvalue weighted by Gasteiger charge is 2.18. The minimum Gasteiger partial charge on any atom is -0.506 e. The number of piperidine rings is 1. The van der Waals surface area contributed by atoms with Gasteiger partial charge in [0.1, 0.15) is 5.75 Å². The van der Waals surface area contributed by atoms with E-state index in [1.165, 1.54) is 11.1 Å². The molecule has 0 bridgehead atoms. The van der Waals surface area contributed by atoms with Gasteiger partial charge in [0.05, 0.1) is 5.69 Å². The van der Waals surface area contributed by atoms with Crippen LogP contribution in [0.1, 0.15) is 29.9 Å². The number of hydrogen-bond donors (Lipinski definition) is 3. The minimum absolute atomic E-state index is 0.217. The molecule has 4 N–H and O–H groups in total. The zero-order valence-electron chi connectivity index (χ0n) is 9.09. The molecule has 3 nitrogen and oxygen atoms in total. The predicted octanol–water partition coefficient (Wildman–Crippen LogP) is 1.75. The zero-order valence-corrected chi connectivity index (χ0v) is 9.09. The average molecular weight is 206 g/mol. The average Bonchev–Trinajstić information content (AvgIpc) is 2.25. The molecule has 0 saturated carbocycles. The van der Waals surface area contributed by atoms with E-state index in [9.17, 15) is 5.11 Å². The summed E-state index contributed by atoms with van der Waals surface area (Å²) in [7, 11) is 0. The van der Waals surface area contributed by atoms with Crippen molar-refractivity contribution < 1.29 is 5.11 Å². The van der Waals surface area contributed by atoms with Gasteiger partial charge in [-0.2, -0.15) is 0 Å². The highest BCUT2D eigenvalue weighted by atomic mass is 16.3. The van der Waals surface area contributed by atoms with Crippen LogP contribution in [0.3, 0.4) is 0 Å². The molecular formula is C12H18N2O. The van der Waals surface area contributed by atoms with Crippen LogP contribution in [0, 0.1) is 6.92 Å². The fourth-order valence-electron chi connectivity index (χ4n) is 2.31. The van der Waals surface area contributed by atoms with Crippen LogP contribution in [0.15, 0.2) is 12.1 Å². The molecule has 3 heteroatoms. The Morgan fingerprint density at radius 1 is 1.33 bits per heavy atom. The largest absolute Gasteiger partial charge is 0.506 e. The molecule has 2 rings (SSSR count). The Labute approximate surface area is 90.3 Å². The summed E-state index contributed by atoms with van der Waals surface area (Å²) in [4.78, 5) is 0. The van der Waals surface area contributed by atoms with Crippen LogP contribution in [0.4, 0.5) is 5.69 Å². The number of nitrogens with one attached hydrogen (secondary N) is 1. The molecule has 0 atom stereocenters. The van der Waals surface area contributed by atoms with E-state index in [1.807, 2.05) is 12.1 Å². The molecule has 1 aliphatic heterocycles. The van der Waals surface area contributed by atoms with Crippen molar-refractivity contribution in [1.29, 1.82) is 0 Å². The van der Waals surface area contributed by atoms with Gasteiger partial charge in [-0.05, 0) is 62.0 Å². The molecule has 0 amide bonds. The Morgan fingerprint density at radius 3 is 2.67 bits per heavy atom. The van der Waals surface area contributed by atoms with Gasteiger partial charge in [-0.3, -0.25) is 0 Å². The van der Waals surface area contributed by atoms with Crippen molar-refractivity contribution in [3.8, 4) is 5.75 Å². The molecule has 15 heavy (non-hydrogen) atoms. The maximum Gasteiger partial charge on any atom is 0.138 e. The Hall–Kier alpha value is -1.22. The molecule has 1 aromatic carbocycles. The molecule has 0 spiro atoms. The van der Waals surface area contributed by atoms with Crippen molar-refractivity contribution in [2.24, 2.45) is 0 Å². The maximum absolute atomic E-state index is 9.61. The van der Waals surface area contributed by atoms with Gasteiger partial charge in [-0.15, -0.1) is 0 Å². The Bertz CT molecular complexity index is 357. The van der Waals surface area contributed by atoms with Crippen LogP contribution >= 0.6 is 0 Å². The van der Waals surface area contributed by atoms with Gasteiger partial charge in [0, 0.05) is 0 Å². The molecule has 0 unspecified atom stereocenters. The molecule has 0 aliphatic carbocycles. The molecule has 1 fully saturated rings. The van der Waals surface area contributed by atoms with Gasteiger partial charge in [-0.1, -0.05) is 0 Å². The van der Waals surface area contributed by atoms with E-state index in [4.69, 9.17) is 5.73 Å². The maximum atomic E-state index is 9.61. The molecule has 1 aromatic rings. The Kier molecular flexibility index (Phi) is 2.82. The van der Waals surface area contributed by atoms with Gasteiger partial charge >= 0.3 is 0 Å². The third-order valence-corrected chi connectivity index (χ3v) is 3.19. The summed E-state index contributed by atoms with van der Waals surface area (Å²) in [6, 6.07) is 3.70. The molecule has 1 saturated heterocycles. The summed E-state index contributed by atoms with van der Waals surface area (Å²) >= 11 is 0. The van der Waals surface area contributed by atoms with Crippen LogP contribution in [0.5, 0.6) is 5.75 Å². The second kappa shape index (κ2) is 4.11. The quantitative estimate of drug-likeness (QED) is 0.484. The number of phenols is 1. The first-order valence-corrected chi connectivity index (χ1v) is 5.48. The SMILES string of the molecule is Cc1cc(N)c(O)cc1C1CCNCC1. The van der Waals surface area contributed by atoms with Crippen molar-refractivity contribution in [3.63, 3.8) is 0 Å². The van der Waals surface area contributed by atoms with Crippen LogP contribution in [-0.4, -0.2) is 18.2 Å². The normalized spacial score (nSPS) is 17.9. The summed E-state index contributed by atoms with van der Waals surface area (Å²) in [5, 5.41) is 13.0. The van der Waals surface area contributed by atoms with E-state index in [2.05, 4.69) is 12.2 Å². The first-order chi connectivity index (χ1) is 7.18. The number of nitrogen functional groups attached to an aromatic ring is 1. The van der Waals surface area contributed by atoms with Crippen molar-refractivity contribution in [2.75, 3.05) is 18.8 Å². The minimum atomic E-state index is 0.217. The van der Waals surface area contributed by atoms with E-state index in [1.54, 1.807) is 0 Å². The predicted molar refractivity (Wildman–Crippen MR) is 62.1 cm³/mol. The van der Waals surface area contributed by atoms with E-state index in [0.29, 0.717) is 11.6 Å². The Balaban J connectivity index is 2.30. The van der Waals surface area contributed by atoms with Crippen molar-refractivity contribution in [1.82, 2.24) is 5.32 Å². The first-order valence-electron chi connectivity index (χ1n) is 5.48. The lowest BCUT2D eigenvalue weighted by Gasteiger charge is -2.24. The van der Waals surface area contributed by atoms with Crippen molar-refractivity contribution in [3.05, 3.63) is 23.3 Å². The lowest BCUT2D eigenvalue weighted by molar-refractivity contribution is 0.451. The number of aromatic hydroxyl groups is 1. The smallest absolute Gasteiger partial charge is 0.138 e. The number of anilines is 1. The van der Waals surface area contributed by atoms with E-state index < -0.39 is 0 Å². The number of aryl methyl sites for hydroxylation is 1. The lowest BCUT2D eigenvalue weighted by Crippen LogP contribution is -2.26. The van der Waals surface area contributed by atoms with E-state index in [0.717, 1.165) is 25.9 Å². The van der Waals surface area contributed by atoms with Gasteiger partial charge < -0.3 is 16.2 Å². The Morgan fingerprint density at radius 2 is 2.00 bits per heavy atom. The highest BCUT2D eigenvalue weighted by molar-refractivity contribution is 5.56. The number of rotatable bonds is 1. The molecule has 82 valence electrons. The number of phenolic OH excluding ortho intramolecular Hbond substituents is 1. The molecule has 1 aliphatic rings. The summed E-state index contributed by atoms with van der Waals surface area (Å²) in [6.07, 6.45) is 2.29. The summed E-state index contributed by atoms with van der Waals surface area (Å²) in [5.74, 6) is 0.784. The van der Waals surface area contributed by atoms with Crippen LogP contribution in [0.2, 0.25) is 0 Å². The van der Waals surface area contributed by atoms with Gasteiger partial charge in [0.25, 0.3) is 0 Å². The molecule has 0 aromatic heterocycles. The van der Waals surface area contributed by atoms with Crippen molar-refractivity contribution >= 4 is 5.69 Å². The van der Waals surface area contributed by atoms with Crippen molar-refractivity contribution in [2.45, 2.75) is 25.7 Å². The molecular weight excluding hydrogens is 188 g/mol. The number of nitrogens with two attached hydrogens (primary N) is 1. The summed E-state index contributed by atoms with van der Waals surface area (Å²) in [6.45, 7) is 4.19. The van der Waals surface area contributed by atoms with Gasteiger partial charge in [0.15, 0.2) is 0 Å². The lowest BCUT2D eigenvalue weighted by atomic mass is 9.87. The van der Waals surface area contributed by atoms with Gasteiger partial charge in [-0.25, -0.2) is 0 Å². The van der Waals surface area contributed by atoms with Crippen LogP contribution in [0.25, 0.3) is 0 Å². The fourth-order valence-corrected chi connectivity index (χ4v) is 2.31. The second-order valence-corrected chi connectivity index (χ2v) is 4.29. The second-order valence-electron chi connectivity index (χ2n) is 4.29. The monoisotopic (exact) mass is 206 g/mol. The highest BCUT2D eigenvalue weighted by Crippen LogP contribution is 2.33. The summed E-state index contributed by atoms with van der Waals surface area (Å²) < 4.78 is 0. The standard InChI is InChI=1S/C12H18N2O/c1-8-6-11(13)12(15)7-10(8)9-2-4-14-5-3-9/h6-7,9,14-15H,2-5,13H2,1H3. The topological polar surface area (TPSA) is 58.3 Å². The van der Waals surface area contributed by atoms with Crippen LogP contribution in [-0.2, 0) is 0 Å². The van der Waals surface area contributed by atoms with E-state index in [-0.39, 0.29) is 5.75 Å². The molecule has 1 heterocycles.